The quantitative estimate of drug-likeness (QED) is 0.635. The molecule has 0 saturated carbocycles. The summed E-state index contributed by atoms with van der Waals surface area (Å²) in [4.78, 5) is 14.1. The summed E-state index contributed by atoms with van der Waals surface area (Å²) < 4.78 is 51.7. The van der Waals surface area contributed by atoms with E-state index < -0.39 is 20.0 Å². The number of benzene rings is 2. The Balaban J connectivity index is 1.58. The molecule has 0 bridgehead atoms. The second-order valence-electron chi connectivity index (χ2n) is 6.99. The topological polar surface area (TPSA) is 104 Å². The van der Waals surface area contributed by atoms with Gasteiger partial charge in [-0.1, -0.05) is 35.9 Å². The standard InChI is InChI=1S/C20H22ClN3O5S2/c1-30(26,27)22-17-9-6-16(7-10-17)8-11-20(25)23-12-14-24(15-13-23)31(28,29)19-5-3-2-4-18(19)21/h2-11,22H,12-15H2,1H3/b11-8+. The third-order valence-electron chi connectivity index (χ3n) is 4.64. The molecule has 1 amide bonds. The van der Waals surface area contributed by atoms with Crippen LogP contribution in [-0.4, -0.2) is 64.4 Å². The number of piperazine rings is 1. The number of nitrogens with zero attached hydrogens (tertiary/aromatic N) is 2. The van der Waals surface area contributed by atoms with Crippen LogP contribution in [0.3, 0.4) is 0 Å². The lowest BCUT2D eigenvalue weighted by Gasteiger charge is -2.33. The predicted molar refractivity (Wildman–Crippen MR) is 121 cm³/mol. The smallest absolute Gasteiger partial charge is 0.246 e. The second-order valence-corrected chi connectivity index (χ2v) is 11.1. The van der Waals surface area contributed by atoms with E-state index >= 15 is 0 Å². The van der Waals surface area contributed by atoms with Gasteiger partial charge in [-0.3, -0.25) is 9.52 Å². The minimum atomic E-state index is -3.72. The van der Waals surface area contributed by atoms with E-state index in [9.17, 15) is 21.6 Å². The summed E-state index contributed by atoms with van der Waals surface area (Å²) in [5, 5.41) is 0.168. The molecule has 166 valence electrons. The maximum absolute atomic E-state index is 12.8. The average Bonchev–Trinajstić information content (AvgIpc) is 2.72. The summed E-state index contributed by atoms with van der Waals surface area (Å²) in [6.45, 7) is 0.895. The molecule has 1 N–H and O–H groups in total. The van der Waals surface area contributed by atoms with Crippen molar-refractivity contribution in [3.8, 4) is 0 Å². The van der Waals surface area contributed by atoms with E-state index in [1.54, 1.807) is 47.4 Å². The molecule has 2 aromatic rings. The molecule has 3 rings (SSSR count). The first-order chi connectivity index (χ1) is 14.6. The van der Waals surface area contributed by atoms with Gasteiger partial charge in [-0.15, -0.1) is 0 Å². The van der Waals surface area contributed by atoms with E-state index in [2.05, 4.69) is 4.72 Å². The highest BCUT2D eigenvalue weighted by atomic mass is 35.5. The largest absolute Gasteiger partial charge is 0.337 e. The highest BCUT2D eigenvalue weighted by Gasteiger charge is 2.30. The number of halogens is 1. The first-order valence-corrected chi connectivity index (χ1v) is 13.1. The van der Waals surface area contributed by atoms with Gasteiger partial charge < -0.3 is 4.90 Å². The number of carbonyl (C=O) groups is 1. The number of anilines is 1. The lowest BCUT2D eigenvalue weighted by atomic mass is 10.2. The number of carbonyl (C=O) groups excluding carboxylic acids is 1. The maximum atomic E-state index is 12.8. The van der Waals surface area contributed by atoms with Crippen LogP contribution >= 0.6 is 11.6 Å². The fraction of sp³-hybridized carbons (Fsp3) is 0.250. The lowest BCUT2D eigenvalue weighted by Crippen LogP contribution is -2.50. The number of amides is 1. The molecule has 1 aliphatic heterocycles. The molecule has 31 heavy (non-hydrogen) atoms. The molecule has 1 aliphatic rings. The molecule has 1 heterocycles. The molecule has 0 spiro atoms. The van der Waals surface area contributed by atoms with Crippen molar-refractivity contribution in [2.75, 3.05) is 37.2 Å². The second kappa shape index (κ2) is 9.39. The van der Waals surface area contributed by atoms with Crippen molar-refractivity contribution in [3.05, 3.63) is 65.2 Å². The van der Waals surface area contributed by atoms with Crippen molar-refractivity contribution < 1.29 is 21.6 Å². The lowest BCUT2D eigenvalue weighted by molar-refractivity contribution is -0.127. The van der Waals surface area contributed by atoms with E-state index in [0.717, 1.165) is 11.8 Å². The Morgan fingerprint density at radius 2 is 1.58 bits per heavy atom. The van der Waals surface area contributed by atoms with Crippen molar-refractivity contribution in [3.63, 3.8) is 0 Å². The molecule has 0 radical (unpaired) electrons. The van der Waals surface area contributed by atoms with Gasteiger partial charge in [0.05, 0.1) is 11.3 Å². The zero-order valence-corrected chi connectivity index (χ0v) is 19.1. The van der Waals surface area contributed by atoms with Crippen LogP contribution in [0.5, 0.6) is 0 Å². The molecule has 11 heteroatoms. The van der Waals surface area contributed by atoms with E-state index in [1.807, 2.05) is 0 Å². The van der Waals surface area contributed by atoms with Crippen LogP contribution < -0.4 is 4.72 Å². The molecular formula is C20H22ClN3O5S2. The normalized spacial score (nSPS) is 15.9. The van der Waals surface area contributed by atoms with Crippen molar-refractivity contribution in [1.82, 2.24) is 9.21 Å². The zero-order chi connectivity index (χ0) is 22.6. The highest BCUT2D eigenvalue weighted by molar-refractivity contribution is 7.92. The van der Waals surface area contributed by atoms with Crippen LogP contribution in [0.1, 0.15) is 5.56 Å². The molecule has 0 aromatic heterocycles. The molecule has 1 saturated heterocycles. The molecule has 1 fully saturated rings. The van der Waals surface area contributed by atoms with E-state index in [0.29, 0.717) is 5.69 Å². The summed E-state index contributed by atoms with van der Waals surface area (Å²) in [6.07, 6.45) is 4.11. The van der Waals surface area contributed by atoms with Gasteiger partial charge in [-0.2, -0.15) is 4.31 Å². The van der Waals surface area contributed by atoms with Crippen LogP contribution in [-0.2, 0) is 24.8 Å². The fourth-order valence-corrected chi connectivity index (χ4v) is 5.57. The average molecular weight is 484 g/mol. The Morgan fingerprint density at radius 1 is 0.968 bits per heavy atom. The van der Waals surface area contributed by atoms with Crippen LogP contribution in [0.15, 0.2) is 59.5 Å². The van der Waals surface area contributed by atoms with Gasteiger partial charge in [0, 0.05) is 37.9 Å². The Bertz CT molecular complexity index is 1190. The minimum absolute atomic E-state index is 0.0603. The van der Waals surface area contributed by atoms with Crippen molar-refractivity contribution >= 4 is 49.3 Å². The highest BCUT2D eigenvalue weighted by Crippen LogP contribution is 2.25. The third kappa shape index (κ3) is 6.07. The Labute approximate surface area is 187 Å². The van der Waals surface area contributed by atoms with Gasteiger partial charge in [-0.05, 0) is 35.9 Å². The molecule has 8 nitrogen and oxygen atoms in total. The van der Waals surface area contributed by atoms with E-state index in [-0.39, 0.29) is 42.0 Å². The summed E-state index contributed by atoms with van der Waals surface area (Å²) in [7, 11) is -7.07. The first-order valence-electron chi connectivity index (χ1n) is 9.36. The summed E-state index contributed by atoms with van der Waals surface area (Å²) in [5.41, 5.74) is 1.16. The number of rotatable bonds is 6. The SMILES string of the molecule is CS(=O)(=O)Nc1ccc(/C=C/C(=O)N2CCN(S(=O)(=O)c3ccccc3Cl)CC2)cc1. The summed E-state index contributed by atoms with van der Waals surface area (Å²) in [6, 6.07) is 12.9. The van der Waals surface area contributed by atoms with Gasteiger partial charge in [0.1, 0.15) is 4.90 Å². The van der Waals surface area contributed by atoms with Crippen molar-refractivity contribution in [1.29, 1.82) is 0 Å². The zero-order valence-electron chi connectivity index (χ0n) is 16.7. The van der Waals surface area contributed by atoms with Gasteiger partial charge in [0.2, 0.25) is 26.0 Å². The number of nitrogens with one attached hydrogen (secondary N) is 1. The summed E-state index contributed by atoms with van der Waals surface area (Å²) in [5.74, 6) is -0.229. The van der Waals surface area contributed by atoms with Crippen LogP contribution in [0, 0.1) is 0 Å². The molecule has 0 aliphatic carbocycles. The number of hydrogen-bond donors (Lipinski definition) is 1. The van der Waals surface area contributed by atoms with Gasteiger partial charge in [-0.25, -0.2) is 16.8 Å². The van der Waals surface area contributed by atoms with Crippen molar-refractivity contribution in [2.45, 2.75) is 4.90 Å². The third-order valence-corrected chi connectivity index (χ3v) is 7.64. The number of sulfonamides is 2. The maximum Gasteiger partial charge on any atom is 0.246 e. The molecule has 0 atom stereocenters. The Morgan fingerprint density at radius 3 is 2.16 bits per heavy atom. The van der Waals surface area contributed by atoms with Crippen LogP contribution in [0.25, 0.3) is 6.08 Å². The first kappa shape index (κ1) is 23.3. The molecule has 2 aromatic carbocycles. The fourth-order valence-electron chi connectivity index (χ4n) is 3.09. The molecule has 0 unspecified atom stereocenters. The predicted octanol–water partition coefficient (Wildman–Crippen LogP) is 2.26. The summed E-state index contributed by atoms with van der Waals surface area (Å²) >= 11 is 6.03. The Kier molecular flexibility index (Phi) is 7.05. The van der Waals surface area contributed by atoms with Crippen molar-refractivity contribution in [2.24, 2.45) is 0 Å². The van der Waals surface area contributed by atoms with Gasteiger partial charge >= 0.3 is 0 Å². The monoisotopic (exact) mass is 483 g/mol. The van der Waals surface area contributed by atoms with E-state index in [1.165, 1.54) is 22.5 Å². The van der Waals surface area contributed by atoms with Gasteiger partial charge in [0.15, 0.2) is 0 Å². The Hall–Kier alpha value is -2.40. The minimum Gasteiger partial charge on any atom is -0.337 e. The van der Waals surface area contributed by atoms with Gasteiger partial charge in [0.25, 0.3) is 0 Å². The van der Waals surface area contributed by atoms with E-state index in [4.69, 9.17) is 11.6 Å². The van der Waals surface area contributed by atoms with Crippen LogP contribution in [0.4, 0.5) is 5.69 Å². The number of hydrogen-bond acceptors (Lipinski definition) is 5. The molecular weight excluding hydrogens is 462 g/mol. The van der Waals surface area contributed by atoms with Crippen LogP contribution in [0.2, 0.25) is 5.02 Å².